The average Bonchev–Trinajstić information content (AvgIpc) is 2.95. The topological polar surface area (TPSA) is 76.0 Å². The number of aromatic nitrogens is 2. The fourth-order valence-electron chi connectivity index (χ4n) is 2.73. The maximum absolute atomic E-state index is 12.4. The van der Waals surface area contributed by atoms with Crippen molar-refractivity contribution in [3.05, 3.63) is 53.1 Å². The summed E-state index contributed by atoms with van der Waals surface area (Å²) in [5, 5.41) is 7.00. The molecule has 3 aromatic rings. The number of aryl methyl sites for hydroxylation is 1. The Kier molecular flexibility index (Phi) is 6.26. The van der Waals surface area contributed by atoms with E-state index < -0.39 is 0 Å². The summed E-state index contributed by atoms with van der Waals surface area (Å²) >= 11 is 7.34. The van der Waals surface area contributed by atoms with Crippen molar-refractivity contribution in [3.63, 3.8) is 0 Å². The van der Waals surface area contributed by atoms with E-state index >= 15 is 0 Å². The van der Waals surface area contributed by atoms with Gasteiger partial charge in [-0.1, -0.05) is 35.5 Å². The number of carbonyl (C=O) groups excluding carboxylic acids is 2. The standard InChI is InChI=1S/C20H21ClN4O2S/c1-12(2)22-19(27)14-6-4-5-7-15(14)23-18(26)11-28-20-24-16-10-13(21)8-9-17(16)25(20)3/h4-10,12H,11H2,1-3H3,(H,22,27)(H,23,26). The van der Waals surface area contributed by atoms with Crippen LogP contribution in [0.4, 0.5) is 5.69 Å². The number of carbonyl (C=O) groups is 2. The molecule has 8 heteroatoms. The van der Waals surface area contributed by atoms with Gasteiger partial charge in [0.15, 0.2) is 5.16 Å². The van der Waals surface area contributed by atoms with Crippen LogP contribution >= 0.6 is 23.4 Å². The number of benzene rings is 2. The van der Waals surface area contributed by atoms with Crippen molar-refractivity contribution in [1.29, 1.82) is 0 Å². The van der Waals surface area contributed by atoms with Gasteiger partial charge in [0.25, 0.3) is 5.91 Å². The van der Waals surface area contributed by atoms with Crippen LogP contribution in [0.5, 0.6) is 0 Å². The van der Waals surface area contributed by atoms with E-state index in [0.717, 1.165) is 16.2 Å². The van der Waals surface area contributed by atoms with Gasteiger partial charge in [-0.3, -0.25) is 9.59 Å². The van der Waals surface area contributed by atoms with Crippen LogP contribution in [0.25, 0.3) is 11.0 Å². The number of fused-ring (bicyclic) bond motifs is 1. The number of halogens is 1. The van der Waals surface area contributed by atoms with E-state index in [1.807, 2.05) is 37.6 Å². The van der Waals surface area contributed by atoms with Crippen molar-refractivity contribution in [3.8, 4) is 0 Å². The fraction of sp³-hybridized carbons (Fsp3) is 0.250. The Bertz CT molecular complexity index is 1030. The molecule has 0 saturated heterocycles. The summed E-state index contributed by atoms with van der Waals surface area (Å²) in [4.78, 5) is 29.3. The van der Waals surface area contributed by atoms with Gasteiger partial charge < -0.3 is 15.2 Å². The van der Waals surface area contributed by atoms with Crippen LogP contribution in [0.1, 0.15) is 24.2 Å². The molecule has 1 aromatic heterocycles. The summed E-state index contributed by atoms with van der Waals surface area (Å²) in [6, 6.07) is 12.5. The first kappa shape index (κ1) is 20.2. The molecule has 0 aliphatic rings. The summed E-state index contributed by atoms with van der Waals surface area (Å²) in [5.41, 5.74) is 2.66. The number of hydrogen-bond acceptors (Lipinski definition) is 4. The van der Waals surface area contributed by atoms with E-state index in [2.05, 4.69) is 15.6 Å². The molecule has 0 bridgehead atoms. The minimum absolute atomic E-state index is 0.0119. The Hall–Kier alpha value is -2.51. The van der Waals surface area contributed by atoms with Crippen LogP contribution in [0, 0.1) is 0 Å². The molecular weight excluding hydrogens is 396 g/mol. The summed E-state index contributed by atoms with van der Waals surface area (Å²) in [6.07, 6.45) is 0. The lowest BCUT2D eigenvalue weighted by Crippen LogP contribution is -2.31. The highest BCUT2D eigenvalue weighted by atomic mass is 35.5. The van der Waals surface area contributed by atoms with Crippen LogP contribution in [-0.4, -0.2) is 33.2 Å². The number of rotatable bonds is 6. The second kappa shape index (κ2) is 8.67. The molecule has 0 aliphatic heterocycles. The number of thioether (sulfide) groups is 1. The number of hydrogen-bond donors (Lipinski definition) is 2. The molecule has 0 fully saturated rings. The first-order chi connectivity index (χ1) is 13.3. The fourth-order valence-corrected chi connectivity index (χ4v) is 3.68. The second-order valence-electron chi connectivity index (χ2n) is 6.60. The Morgan fingerprint density at radius 3 is 2.71 bits per heavy atom. The van der Waals surface area contributed by atoms with Gasteiger partial charge in [-0.2, -0.15) is 0 Å². The van der Waals surface area contributed by atoms with E-state index in [0.29, 0.717) is 16.3 Å². The van der Waals surface area contributed by atoms with Gasteiger partial charge in [-0.05, 0) is 44.2 Å². The number of nitrogens with zero attached hydrogens (tertiary/aromatic N) is 2. The molecule has 146 valence electrons. The lowest BCUT2D eigenvalue weighted by molar-refractivity contribution is -0.113. The molecule has 0 aliphatic carbocycles. The summed E-state index contributed by atoms with van der Waals surface area (Å²) in [5.74, 6) is -0.254. The predicted octanol–water partition coefficient (Wildman–Crippen LogP) is 4.10. The van der Waals surface area contributed by atoms with Crippen LogP contribution in [0.15, 0.2) is 47.6 Å². The number of anilines is 1. The van der Waals surface area contributed by atoms with Gasteiger partial charge in [0.2, 0.25) is 5.91 Å². The minimum atomic E-state index is -0.217. The second-order valence-corrected chi connectivity index (χ2v) is 7.98. The summed E-state index contributed by atoms with van der Waals surface area (Å²) in [7, 11) is 1.90. The van der Waals surface area contributed by atoms with Crippen LogP contribution in [-0.2, 0) is 11.8 Å². The van der Waals surface area contributed by atoms with Gasteiger partial charge in [0.1, 0.15) is 0 Å². The molecule has 2 N–H and O–H groups in total. The smallest absolute Gasteiger partial charge is 0.253 e. The molecule has 0 saturated carbocycles. The normalized spacial score (nSPS) is 11.0. The first-order valence-electron chi connectivity index (χ1n) is 8.79. The van der Waals surface area contributed by atoms with Crippen molar-refractivity contribution in [2.45, 2.75) is 25.0 Å². The molecule has 1 heterocycles. The van der Waals surface area contributed by atoms with Crippen LogP contribution < -0.4 is 10.6 Å². The number of amides is 2. The van der Waals surface area contributed by atoms with E-state index in [1.165, 1.54) is 11.8 Å². The van der Waals surface area contributed by atoms with E-state index in [9.17, 15) is 9.59 Å². The molecule has 2 amide bonds. The number of para-hydroxylation sites is 1. The van der Waals surface area contributed by atoms with Crippen molar-refractivity contribution in [2.75, 3.05) is 11.1 Å². The third-order valence-corrected chi connectivity index (χ3v) is 5.26. The van der Waals surface area contributed by atoms with Crippen molar-refractivity contribution in [2.24, 2.45) is 7.05 Å². The Labute approximate surface area is 172 Å². The molecule has 6 nitrogen and oxygen atoms in total. The summed E-state index contributed by atoms with van der Waals surface area (Å²) < 4.78 is 1.92. The molecular formula is C20H21ClN4O2S. The maximum atomic E-state index is 12.4. The average molecular weight is 417 g/mol. The lowest BCUT2D eigenvalue weighted by Gasteiger charge is -2.13. The number of nitrogens with one attached hydrogen (secondary N) is 2. The molecule has 0 atom stereocenters. The summed E-state index contributed by atoms with van der Waals surface area (Å²) in [6.45, 7) is 3.78. The third-order valence-electron chi connectivity index (χ3n) is 4.00. The largest absolute Gasteiger partial charge is 0.350 e. The van der Waals surface area contributed by atoms with Gasteiger partial charge in [-0.25, -0.2) is 4.98 Å². The molecule has 2 aromatic carbocycles. The first-order valence-corrected chi connectivity index (χ1v) is 10.2. The molecule has 0 unspecified atom stereocenters. The van der Waals surface area contributed by atoms with Crippen molar-refractivity contribution < 1.29 is 9.59 Å². The molecule has 0 radical (unpaired) electrons. The molecule has 3 rings (SSSR count). The number of imidazole rings is 1. The van der Waals surface area contributed by atoms with Gasteiger partial charge in [0, 0.05) is 18.1 Å². The van der Waals surface area contributed by atoms with Gasteiger partial charge in [0.05, 0.1) is 28.0 Å². The zero-order chi connectivity index (χ0) is 20.3. The van der Waals surface area contributed by atoms with Crippen molar-refractivity contribution in [1.82, 2.24) is 14.9 Å². The van der Waals surface area contributed by atoms with Gasteiger partial charge in [-0.15, -0.1) is 0 Å². The monoisotopic (exact) mass is 416 g/mol. The Morgan fingerprint density at radius 2 is 1.96 bits per heavy atom. The van der Waals surface area contributed by atoms with Crippen molar-refractivity contribution >= 4 is 51.9 Å². The van der Waals surface area contributed by atoms with E-state index in [1.54, 1.807) is 30.3 Å². The highest BCUT2D eigenvalue weighted by Crippen LogP contribution is 2.25. The van der Waals surface area contributed by atoms with Crippen LogP contribution in [0.2, 0.25) is 5.02 Å². The highest BCUT2D eigenvalue weighted by molar-refractivity contribution is 7.99. The highest BCUT2D eigenvalue weighted by Gasteiger charge is 2.15. The SMILES string of the molecule is CC(C)NC(=O)c1ccccc1NC(=O)CSc1nc2cc(Cl)ccc2n1C. The quantitative estimate of drug-likeness (QED) is 0.593. The molecule has 28 heavy (non-hydrogen) atoms. The Balaban J connectivity index is 1.69. The predicted molar refractivity (Wildman–Crippen MR) is 114 cm³/mol. The molecule has 0 spiro atoms. The van der Waals surface area contributed by atoms with E-state index in [-0.39, 0.29) is 23.6 Å². The zero-order valence-electron chi connectivity index (χ0n) is 15.8. The lowest BCUT2D eigenvalue weighted by atomic mass is 10.1. The Morgan fingerprint density at radius 1 is 1.21 bits per heavy atom. The zero-order valence-corrected chi connectivity index (χ0v) is 17.4. The van der Waals surface area contributed by atoms with Crippen LogP contribution in [0.3, 0.4) is 0 Å². The minimum Gasteiger partial charge on any atom is -0.350 e. The maximum Gasteiger partial charge on any atom is 0.253 e. The van der Waals surface area contributed by atoms with E-state index in [4.69, 9.17) is 11.6 Å². The third kappa shape index (κ3) is 4.66. The van der Waals surface area contributed by atoms with Gasteiger partial charge >= 0.3 is 0 Å².